The molecule has 40 heavy (non-hydrogen) atoms. The predicted molar refractivity (Wildman–Crippen MR) is 166 cm³/mol. The van der Waals surface area contributed by atoms with Crippen molar-refractivity contribution >= 4 is 0 Å². The molecule has 0 aliphatic carbocycles. The third-order valence-corrected chi connectivity index (χ3v) is 6.25. The summed E-state index contributed by atoms with van der Waals surface area (Å²) in [7, 11) is 0. The standard InChI is InChI=1S/C38H38O2/c1-5-7-13-27-39-37-23-19-33(20-24-37)15-9-11-17-35-29-32(4)36(30-31(35)3)18-12-10-16-34-21-25-38(26-22-34)40-28-14-8-6-2/h19-26,29-30H,5-8,13-14,27-28H2,1-4H3. The van der Waals surface area contributed by atoms with Crippen LogP contribution < -0.4 is 9.47 Å². The van der Waals surface area contributed by atoms with Gasteiger partial charge in [-0.05, 0) is 122 Å². The van der Waals surface area contributed by atoms with E-state index in [-0.39, 0.29) is 0 Å². The Hall–Kier alpha value is -4.50. The maximum absolute atomic E-state index is 5.75. The Morgan fingerprint density at radius 2 is 0.875 bits per heavy atom. The van der Waals surface area contributed by atoms with E-state index >= 15 is 0 Å². The summed E-state index contributed by atoms with van der Waals surface area (Å²) in [4.78, 5) is 0. The van der Waals surface area contributed by atoms with Crippen molar-refractivity contribution in [3.8, 4) is 58.9 Å². The van der Waals surface area contributed by atoms with E-state index in [1.165, 1.54) is 25.7 Å². The molecule has 0 spiro atoms. The molecule has 0 aromatic heterocycles. The number of benzene rings is 3. The molecule has 0 radical (unpaired) electrons. The van der Waals surface area contributed by atoms with Crippen LogP contribution in [0, 0.1) is 61.2 Å². The Morgan fingerprint density at radius 1 is 0.500 bits per heavy atom. The molecule has 0 saturated heterocycles. The molecule has 0 unspecified atom stereocenters. The number of ether oxygens (including phenoxy) is 2. The van der Waals surface area contributed by atoms with Crippen LogP contribution in [-0.2, 0) is 0 Å². The lowest BCUT2D eigenvalue weighted by atomic mass is 10.0. The molecule has 0 saturated carbocycles. The molecule has 2 nitrogen and oxygen atoms in total. The minimum absolute atomic E-state index is 0.755. The Balaban J connectivity index is 1.56. The largest absolute Gasteiger partial charge is 0.494 e. The zero-order chi connectivity index (χ0) is 28.4. The van der Waals surface area contributed by atoms with Crippen LogP contribution in [0.4, 0.5) is 0 Å². The quantitative estimate of drug-likeness (QED) is 0.196. The van der Waals surface area contributed by atoms with Crippen LogP contribution in [0.2, 0.25) is 0 Å². The first-order chi connectivity index (χ1) is 19.6. The maximum Gasteiger partial charge on any atom is 0.119 e. The van der Waals surface area contributed by atoms with Gasteiger partial charge >= 0.3 is 0 Å². The number of unbranched alkanes of at least 4 members (excludes halogenated alkanes) is 4. The predicted octanol–water partition coefficient (Wildman–Crippen LogP) is 8.25. The van der Waals surface area contributed by atoms with Crippen molar-refractivity contribution in [1.29, 1.82) is 0 Å². The Labute approximate surface area is 241 Å². The summed E-state index contributed by atoms with van der Waals surface area (Å²) in [6.07, 6.45) is 6.93. The Kier molecular flexibility index (Phi) is 12.9. The van der Waals surface area contributed by atoms with E-state index in [9.17, 15) is 0 Å². The molecule has 0 amide bonds. The Bertz CT molecular complexity index is 1360. The van der Waals surface area contributed by atoms with Crippen molar-refractivity contribution in [3.05, 3.63) is 94.0 Å². The van der Waals surface area contributed by atoms with Gasteiger partial charge in [0.15, 0.2) is 0 Å². The summed E-state index contributed by atoms with van der Waals surface area (Å²) >= 11 is 0. The zero-order valence-corrected chi connectivity index (χ0v) is 24.2. The molecule has 3 aromatic carbocycles. The van der Waals surface area contributed by atoms with Crippen molar-refractivity contribution < 1.29 is 9.47 Å². The van der Waals surface area contributed by atoms with Gasteiger partial charge in [0.2, 0.25) is 0 Å². The fourth-order valence-corrected chi connectivity index (χ4v) is 3.84. The number of hydrogen-bond acceptors (Lipinski definition) is 2. The lowest BCUT2D eigenvalue weighted by molar-refractivity contribution is 0.306. The highest BCUT2D eigenvalue weighted by Crippen LogP contribution is 2.15. The lowest BCUT2D eigenvalue weighted by Gasteiger charge is -2.05. The number of aryl methyl sites for hydroxylation is 2. The van der Waals surface area contributed by atoms with E-state index < -0.39 is 0 Å². The van der Waals surface area contributed by atoms with Gasteiger partial charge in [0, 0.05) is 22.3 Å². The topological polar surface area (TPSA) is 18.5 Å². The van der Waals surface area contributed by atoms with Crippen LogP contribution in [0.15, 0.2) is 60.7 Å². The van der Waals surface area contributed by atoms with Gasteiger partial charge in [-0.1, -0.05) is 63.2 Å². The number of rotatable bonds is 10. The molecule has 3 rings (SSSR count). The summed E-state index contributed by atoms with van der Waals surface area (Å²) in [5.41, 5.74) is 5.88. The van der Waals surface area contributed by atoms with Crippen molar-refractivity contribution in [2.45, 2.75) is 66.2 Å². The fourth-order valence-electron chi connectivity index (χ4n) is 3.84. The molecular weight excluding hydrogens is 488 g/mol. The smallest absolute Gasteiger partial charge is 0.119 e. The second kappa shape index (κ2) is 17.2. The third kappa shape index (κ3) is 10.7. The van der Waals surface area contributed by atoms with Gasteiger partial charge in [-0.15, -0.1) is 0 Å². The van der Waals surface area contributed by atoms with Crippen LogP contribution >= 0.6 is 0 Å². The zero-order valence-electron chi connectivity index (χ0n) is 24.2. The van der Waals surface area contributed by atoms with Crippen molar-refractivity contribution in [3.63, 3.8) is 0 Å². The molecule has 0 fully saturated rings. The average molecular weight is 527 g/mol. The van der Waals surface area contributed by atoms with Crippen molar-refractivity contribution in [2.24, 2.45) is 0 Å². The molecule has 0 atom stereocenters. The van der Waals surface area contributed by atoms with Gasteiger partial charge in [0.05, 0.1) is 13.2 Å². The van der Waals surface area contributed by atoms with Crippen molar-refractivity contribution in [1.82, 2.24) is 0 Å². The molecule has 0 aliphatic rings. The summed E-state index contributed by atoms with van der Waals surface area (Å²) < 4.78 is 11.5. The monoisotopic (exact) mass is 526 g/mol. The fraction of sp³-hybridized carbons (Fsp3) is 0.316. The van der Waals surface area contributed by atoms with Crippen LogP contribution in [0.25, 0.3) is 0 Å². The highest BCUT2D eigenvalue weighted by Gasteiger charge is 2.01. The second-order valence-electron chi connectivity index (χ2n) is 9.64. The van der Waals surface area contributed by atoms with E-state index in [0.717, 1.165) is 70.9 Å². The molecule has 3 aromatic rings. The van der Waals surface area contributed by atoms with Gasteiger partial charge in [-0.25, -0.2) is 0 Å². The van der Waals surface area contributed by atoms with Gasteiger partial charge in [0.1, 0.15) is 11.5 Å². The molecule has 0 N–H and O–H groups in total. The van der Waals surface area contributed by atoms with Gasteiger partial charge in [0.25, 0.3) is 0 Å². The molecular formula is C38H38O2. The van der Waals surface area contributed by atoms with Gasteiger partial charge in [-0.3, -0.25) is 0 Å². The summed E-state index contributed by atoms with van der Waals surface area (Å²) in [5, 5.41) is 0. The van der Waals surface area contributed by atoms with Crippen LogP contribution in [-0.4, -0.2) is 13.2 Å². The highest BCUT2D eigenvalue weighted by molar-refractivity contribution is 5.55. The average Bonchev–Trinajstić information content (AvgIpc) is 2.97. The van der Waals surface area contributed by atoms with E-state index in [0.29, 0.717) is 0 Å². The van der Waals surface area contributed by atoms with E-state index in [2.05, 4.69) is 73.3 Å². The Morgan fingerprint density at radius 3 is 1.25 bits per heavy atom. The molecule has 202 valence electrons. The minimum atomic E-state index is 0.755. The van der Waals surface area contributed by atoms with E-state index in [1.54, 1.807) is 0 Å². The summed E-state index contributed by atoms with van der Waals surface area (Å²) in [6.45, 7) is 9.97. The first-order valence-electron chi connectivity index (χ1n) is 14.2. The molecule has 0 aliphatic heterocycles. The minimum Gasteiger partial charge on any atom is -0.494 e. The molecule has 0 bridgehead atoms. The first-order valence-corrected chi connectivity index (χ1v) is 14.2. The van der Waals surface area contributed by atoms with Crippen LogP contribution in [0.5, 0.6) is 11.5 Å². The van der Waals surface area contributed by atoms with Gasteiger partial charge in [-0.2, -0.15) is 0 Å². The lowest BCUT2D eigenvalue weighted by Crippen LogP contribution is -1.96. The van der Waals surface area contributed by atoms with Crippen molar-refractivity contribution in [2.75, 3.05) is 13.2 Å². The van der Waals surface area contributed by atoms with E-state index in [4.69, 9.17) is 9.47 Å². The summed E-state index contributed by atoms with van der Waals surface area (Å²) in [6, 6.07) is 19.8. The van der Waals surface area contributed by atoms with E-state index in [1.807, 2.05) is 62.4 Å². The second-order valence-corrected chi connectivity index (χ2v) is 9.64. The van der Waals surface area contributed by atoms with Crippen LogP contribution in [0.3, 0.4) is 0 Å². The number of hydrogen-bond donors (Lipinski definition) is 0. The molecule has 0 heterocycles. The summed E-state index contributed by atoms with van der Waals surface area (Å²) in [5.74, 6) is 26.2. The highest BCUT2D eigenvalue weighted by atomic mass is 16.5. The first kappa shape index (κ1) is 30.0. The SMILES string of the molecule is CCCCCOc1ccc(C#CC#Cc2cc(C)c(C#CC#Cc3ccc(OCCCCC)cc3)cc2C)cc1. The molecule has 2 heteroatoms. The third-order valence-electron chi connectivity index (χ3n) is 6.25. The van der Waals surface area contributed by atoms with Crippen LogP contribution in [0.1, 0.15) is 85.8 Å². The normalized spacial score (nSPS) is 9.50. The maximum atomic E-state index is 5.75. The van der Waals surface area contributed by atoms with Gasteiger partial charge < -0.3 is 9.47 Å².